The summed E-state index contributed by atoms with van der Waals surface area (Å²) in [6, 6.07) is 6.07. The summed E-state index contributed by atoms with van der Waals surface area (Å²) >= 11 is 0. The Morgan fingerprint density at radius 1 is 1.05 bits per heavy atom. The number of anilines is 1. The van der Waals surface area contributed by atoms with E-state index in [9.17, 15) is 14.4 Å². The van der Waals surface area contributed by atoms with Gasteiger partial charge in [0.2, 0.25) is 0 Å². The monoisotopic (exact) mass is 264 g/mol. The van der Waals surface area contributed by atoms with Crippen LogP contribution < -0.4 is 10.6 Å². The minimum Gasteiger partial charge on any atom is -0.331 e. The van der Waals surface area contributed by atoms with Crippen molar-refractivity contribution in [3.63, 3.8) is 0 Å². The van der Waals surface area contributed by atoms with Crippen molar-refractivity contribution in [3.8, 4) is 0 Å². The zero-order chi connectivity index (χ0) is 14.8. The van der Waals surface area contributed by atoms with E-state index in [1.807, 2.05) is 6.79 Å². The van der Waals surface area contributed by atoms with Crippen LogP contribution in [0.2, 0.25) is 0 Å². The highest BCUT2D eigenvalue weighted by Crippen LogP contribution is 2.09. The number of hydrogen-bond acceptors (Lipinski definition) is 4. The molecule has 0 aliphatic carbocycles. The largest absolute Gasteiger partial charge is 0.331 e. The molecule has 0 aliphatic rings. The van der Waals surface area contributed by atoms with Crippen LogP contribution in [-0.2, 0) is 9.59 Å². The van der Waals surface area contributed by atoms with Gasteiger partial charge in [-0.15, -0.1) is 0 Å². The second-order valence-electron chi connectivity index (χ2n) is 3.64. The summed E-state index contributed by atoms with van der Waals surface area (Å²) in [5.74, 6) is -0.148. The van der Waals surface area contributed by atoms with Crippen LogP contribution in [0.4, 0.5) is 10.5 Å². The van der Waals surface area contributed by atoms with Gasteiger partial charge in [-0.2, -0.15) is 0 Å². The highest BCUT2D eigenvalue weighted by molar-refractivity contribution is 5.95. The van der Waals surface area contributed by atoms with Gasteiger partial charge in [0.15, 0.2) is 5.78 Å². The molecule has 0 heterocycles. The number of urea groups is 1. The van der Waals surface area contributed by atoms with Crippen molar-refractivity contribution in [2.24, 2.45) is 0 Å². The summed E-state index contributed by atoms with van der Waals surface area (Å²) in [7, 11) is 0. The van der Waals surface area contributed by atoms with E-state index in [-0.39, 0.29) is 18.1 Å². The van der Waals surface area contributed by atoms with Crippen LogP contribution in [0.1, 0.15) is 24.2 Å². The maximum atomic E-state index is 11.3. The lowest BCUT2D eigenvalue weighted by molar-refractivity contribution is -0.116. The van der Waals surface area contributed by atoms with Crippen molar-refractivity contribution in [3.05, 3.63) is 29.8 Å². The van der Waals surface area contributed by atoms with Crippen LogP contribution in [0.5, 0.6) is 0 Å². The van der Waals surface area contributed by atoms with E-state index in [4.69, 9.17) is 4.79 Å². The third kappa shape index (κ3) is 6.72. The number of carbonyl (C=O) groups is 4. The van der Waals surface area contributed by atoms with Crippen molar-refractivity contribution in [2.75, 3.05) is 11.9 Å². The maximum absolute atomic E-state index is 11.3. The molecule has 1 aromatic rings. The minimum absolute atomic E-state index is 0.00262. The first-order valence-electron chi connectivity index (χ1n) is 5.43. The Morgan fingerprint density at radius 2 is 1.58 bits per heavy atom. The van der Waals surface area contributed by atoms with E-state index < -0.39 is 6.03 Å². The SMILES string of the molecule is C=O.CC(=O)CNC(=O)Nc1ccc(C(C)=O)cc1. The fourth-order valence-electron chi connectivity index (χ4n) is 1.17. The van der Waals surface area contributed by atoms with E-state index in [1.165, 1.54) is 13.8 Å². The van der Waals surface area contributed by atoms with Crippen molar-refractivity contribution in [1.82, 2.24) is 5.32 Å². The van der Waals surface area contributed by atoms with Crippen LogP contribution in [0, 0.1) is 0 Å². The fraction of sp³-hybridized carbons (Fsp3) is 0.231. The molecule has 1 rings (SSSR count). The lowest BCUT2D eigenvalue weighted by Crippen LogP contribution is -2.32. The van der Waals surface area contributed by atoms with E-state index in [2.05, 4.69) is 10.6 Å². The van der Waals surface area contributed by atoms with Gasteiger partial charge < -0.3 is 15.4 Å². The van der Waals surface area contributed by atoms with Crippen LogP contribution in [0.25, 0.3) is 0 Å². The first-order chi connectivity index (χ1) is 8.99. The average Bonchev–Trinajstić information content (AvgIpc) is 2.39. The average molecular weight is 264 g/mol. The van der Waals surface area contributed by atoms with Gasteiger partial charge in [-0.3, -0.25) is 9.59 Å². The lowest BCUT2D eigenvalue weighted by Gasteiger charge is -2.06. The van der Waals surface area contributed by atoms with Crippen molar-refractivity contribution >= 4 is 30.1 Å². The molecule has 1 aromatic carbocycles. The molecule has 2 N–H and O–H groups in total. The molecule has 0 bridgehead atoms. The van der Waals surface area contributed by atoms with E-state index >= 15 is 0 Å². The number of hydrogen-bond donors (Lipinski definition) is 2. The summed E-state index contributed by atoms with van der Waals surface area (Å²) in [5, 5.41) is 4.95. The van der Waals surface area contributed by atoms with Gasteiger partial charge in [-0.1, -0.05) is 0 Å². The van der Waals surface area contributed by atoms with Crippen LogP contribution >= 0.6 is 0 Å². The predicted molar refractivity (Wildman–Crippen MR) is 71.3 cm³/mol. The smallest absolute Gasteiger partial charge is 0.319 e. The number of nitrogens with one attached hydrogen (secondary N) is 2. The normalized spacial score (nSPS) is 8.74. The Kier molecular flexibility index (Phi) is 7.44. The Hall–Kier alpha value is -2.50. The van der Waals surface area contributed by atoms with Gasteiger partial charge in [0, 0.05) is 11.3 Å². The summed E-state index contributed by atoms with van der Waals surface area (Å²) < 4.78 is 0. The number of benzene rings is 1. The number of ketones is 2. The molecule has 0 saturated heterocycles. The topological polar surface area (TPSA) is 92.3 Å². The quantitative estimate of drug-likeness (QED) is 0.804. The number of rotatable bonds is 4. The molecule has 6 nitrogen and oxygen atoms in total. The van der Waals surface area contributed by atoms with Gasteiger partial charge in [0.25, 0.3) is 0 Å². The fourth-order valence-corrected chi connectivity index (χ4v) is 1.17. The van der Waals surface area contributed by atoms with E-state index in [0.29, 0.717) is 11.3 Å². The molecule has 19 heavy (non-hydrogen) atoms. The second-order valence-corrected chi connectivity index (χ2v) is 3.64. The summed E-state index contributed by atoms with van der Waals surface area (Å²) in [6.45, 7) is 4.86. The molecule has 0 saturated carbocycles. The zero-order valence-corrected chi connectivity index (χ0v) is 10.9. The third-order valence-corrected chi connectivity index (χ3v) is 2.05. The van der Waals surface area contributed by atoms with Crippen LogP contribution in [-0.4, -0.2) is 30.9 Å². The van der Waals surface area contributed by atoms with Gasteiger partial charge >= 0.3 is 6.03 Å². The molecular formula is C13H16N2O4. The molecule has 6 heteroatoms. The van der Waals surface area contributed by atoms with Crippen molar-refractivity contribution < 1.29 is 19.2 Å². The molecule has 2 amide bonds. The second kappa shape index (κ2) is 8.57. The molecule has 0 aromatic heterocycles. The predicted octanol–water partition coefficient (Wildman–Crippen LogP) is 1.41. The van der Waals surface area contributed by atoms with Crippen LogP contribution in [0.15, 0.2) is 24.3 Å². The molecule has 0 spiro atoms. The third-order valence-electron chi connectivity index (χ3n) is 2.05. The Labute approximate surface area is 111 Å². The molecule has 0 radical (unpaired) electrons. The van der Waals surface area contributed by atoms with Crippen molar-refractivity contribution in [2.45, 2.75) is 13.8 Å². The molecule has 0 aliphatic heterocycles. The summed E-state index contributed by atoms with van der Waals surface area (Å²) in [6.07, 6.45) is 0. The van der Waals surface area contributed by atoms with E-state index in [0.717, 1.165) is 0 Å². The van der Waals surface area contributed by atoms with Gasteiger partial charge in [-0.25, -0.2) is 4.79 Å². The first kappa shape index (κ1) is 16.5. The molecule has 0 unspecified atom stereocenters. The Balaban J connectivity index is 0.00000154. The molecular weight excluding hydrogens is 248 g/mol. The summed E-state index contributed by atoms with van der Waals surface area (Å²) in [5.41, 5.74) is 1.15. The standard InChI is InChI=1S/C12H14N2O3.CH2O/c1-8(15)7-13-12(17)14-11-5-3-10(4-6-11)9(2)16;1-2/h3-6H,7H2,1-2H3,(H2,13,14,17);1H2. The van der Waals surface area contributed by atoms with Crippen LogP contribution in [0.3, 0.4) is 0 Å². The van der Waals surface area contributed by atoms with E-state index in [1.54, 1.807) is 24.3 Å². The molecule has 0 atom stereocenters. The zero-order valence-electron chi connectivity index (χ0n) is 10.9. The van der Waals surface area contributed by atoms with Gasteiger partial charge in [0.1, 0.15) is 12.6 Å². The number of Topliss-reactive ketones (excluding diaryl/α,β-unsaturated/α-hetero) is 2. The first-order valence-corrected chi connectivity index (χ1v) is 5.43. The number of amides is 2. The molecule has 0 fully saturated rings. The highest BCUT2D eigenvalue weighted by atomic mass is 16.2. The molecule has 102 valence electrons. The van der Waals surface area contributed by atoms with Crippen molar-refractivity contribution in [1.29, 1.82) is 0 Å². The van der Waals surface area contributed by atoms with Gasteiger partial charge in [-0.05, 0) is 38.1 Å². The Morgan fingerprint density at radius 3 is 2.00 bits per heavy atom. The minimum atomic E-state index is -0.448. The maximum Gasteiger partial charge on any atom is 0.319 e. The summed E-state index contributed by atoms with van der Waals surface area (Å²) in [4.78, 5) is 41.0. The Bertz CT molecular complexity index is 454. The number of carbonyl (C=O) groups excluding carboxylic acids is 4. The lowest BCUT2D eigenvalue weighted by atomic mass is 10.1. The highest BCUT2D eigenvalue weighted by Gasteiger charge is 2.03. The van der Waals surface area contributed by atoms with Gasteiger partial charge in [0.05, 0.1) is 6.54 Å².